The van der Waals surface area contributed by atoms with Gasteiger partial charge >= 0.3 is 6.03 Å². The van der Waals surface area contributed by atoms with Crippen LogP contribution in [0.1, 0.15) is 17.5 Å². The first-order chi connectivity index (χ1) is 14.8. The van der Waals surface area contributed by atoms with Gasteiger partial charge in [0.15, 0.2) is 0 Å². The Bertz CT molecular complexity index is 824. The summed E-state index contributed by atoms with van der Waals surface area (Å²) in [7, 11) is 3.95. The number of nitrogens with two attached hydrogens (primary N) is 2. The number of carbonyl (C=O) groups excluding carboxylic acids is 1. The first-order valence-electron chi connectivity index (χ1n) is 10.3. The van der Waals surface area contributed by atoms with E-state index in [2.05, 4.69) is 15.5 Å². The minimum atomic E-state index is -0.237. The molecule has 0 fully saturated rings. The molecule has 0 bridgehead atoms. The molecule has 0 saturated heterocycles. The molecule has 168 valence electrons. The van der Waals surface area contributed by atoms with Gasteiger partial charge in [-0.25, -0.2) is 10.6 Å². The molecule has 0 aliphatic rings. The van der Waals surface area contributed by atoms with Crippen LogP contribution in [0.15, 0.2) is 66.5 Å². The van der Waals surface area contributed by atoms with E-state index in [1.54, 1.807) is 18.3 Å². The highest BCUT2D eigenvalue weighted by atomic mass is 16.3. The van der Waals surface area contributed by atoms with Crippen molar-refractivity contribution in [1.82, 2.24) is 20.5 Å². The summed E-state index contributed by atoms with van der Waals surface area (Å²) in [6.45, 7) is 1.47. The number of phenolic OH excluding ortho intramolecular Hbond substituents is 1. The minimum absolute atomic E-state index is 0.129. The molecule has 0 spiro atoms. The number of likely N-dealkylation sites (N-methyl/N-ethyl adjacent to an activating group) is 1. The van der Waals surface area contributed by atoms with E-state index in [1.165, 1.54) is 5.01 Å². The van der Waals surface area contributed by atoms with Crippen LogP contribution in [0.4, 0.5) is 4.79 Å². The van der Waals surface area contributed by atoms with E-state index >= 15 is 0 Å². The van der Waals surface area contributed by atoms with Crippen molar-refractivity contribution < 1.29 is 9.90 Å². The van der Waals surface area contributed by atoms with Crippen molar-refractivity contribution in [3.05, 3.63) is 77.6 Å². The fraction of sp³-hybridized carbons (Fsp3) is 0.348. The van der Waals surface area contributed by atoms with E-state index in [0.29, 0.717) is 31.8 Å². The number of benzene rings is 2. The van der Waals surface area contributed by atoms with Crippen LogP contribution in [0.25, 0.3) is 0 Å². The molecule has 0 heterocycles. The van der Waals surface area contributed by atoms with Crippen LogP contribution in [0, 0.1) is 0 Å². The Morgan fingerprint density at radius 3 is 2.39 bits per heavy atom. The summed E-state index contributed by atoms with van der Waals surface area (Å²) in [6.07, 6.45) is 2.95. The number of hydrazine groups is 1. The number of rotatable bonds is 11. The fourth-order valence-corrected chi connectivity index (χ4v) is 3.05. The molecule has 0 aliphatic carbocycles. The Kier molecular flexibility index (Phi) is 9.67. The number of phenols is 1. The summed E-state index contributed by atoms with van der Waals surface area (Å²) in [5, 5.41) is 16.7. The largest absolute Gasteiger partial charge is 0.508 e. The van der Waals surface area contributed by atoms with Crippen LogP contribution in [0.5, 0.6) is 5.75 Å². The number of hydrogen-bond donors (Lipinski definition) is 5. The van der Waals surface area contributed by atoms with Crippen LogP contribution in [-0.4, -0.2) is 54.3 Å². The Balaban J connectivity index is 1.70. The SMILES string of the molecule is CN(C)C(CNC(=O)NCC/C(N)=C/N(N)Cc1ccccc1)Cc1ccc(O)cc1. The van der Waals surface area contributed by atoms with Gasteiger partial charge in [0, 0.05) is 37.4 Å². The molecule has 2 aromatic carbocycles. The molecule has 0 aromatic heterocycles. The quantitative estimate of drug-likeness (QED) is 0.276. The van der Waals surface area contributed by atoms with Crippen LogP contribution in [0.2, 0.25) is 0 Å². The van der Waals surface area contributed by atoms with Gasteiger partial charge in [-0.1, -0.05) is 42.5 Å². The van der Waals surface area contributed by atoms with Crippen LogP contribution >= 0.6 is 0 Å². The second-order valence-corrected chi connectivity index (χ2v) is 7.74. The summed E-state index contributed by atoms with van der Waals surface area (Å²) >= 11 is 0. The van der Waals surface area contributed by atoms with E-state index in [-0.39, 0.29) is 17.8 Å². The molecular formula is C23H34N6O2. The van der Waals surface area contributed by atoms with E-state index in [0.717, 1.165) is 17.5 Å². The van der Waals surface area contributed by atoms with Crippen molar-refractivity contribution in [3.63, 3.8) is 0 Å². The Morgan fingerprint density at radius 1 is 1.06 bits per heavy atom. The van der Waals surface area contributed by atoms with Crippen LogP contribution in [-0.2, 0) is 13.0 Å². The number of hydrogen-bond acceptors (Lipinski definition) is 6. The van der Waals surface area contributed by atoms with Crippen molar-refractivity contribution in [3.8, 4) is 5.75 Å². The summed E-state index contributed by atoms with van der Waals surface area (Å²) < 4.78 is 0. The third kappa shape index (κ3) is 9.41. The van der Waals surface area contributed by atoms with E-state index in [9.17, 15) is 9.90 Å². The van der Waals surface area contributed by atoms with Crippen LogP contribution in [0.3, 0.4) is 0 Å². The van der Waals surface area contributed by atoms with Crippen molar-refractivity contribution in [2.24, 2.45) is 11.6 Å². The third-order valence-electron chi connectivity index (χ3n) is 4.88. The molecule has 7 N–H and O–H groups in total. The number of amides is 2. The first-order valence-corrected chi connectivity index (χ1v) is 10.3. The molecule has 1 atom stereocenters. The zero-order valence-electron chi connectivity index (χ0n) is 18.3. The smallest absolute Gasteiger partial charge is 0.314 e. The average molecular weight is 427 g/mol. The van der Waals surface area contributed by atoms with Gasteiger partial charge in [0.1, 0.15) is 5.75 Å². The monoisotopic (exact) mass is 426 g/mol. The molecule has 0 radical (unpaired) electrons. The zero-order chi connectivity index (χ0) is 22.6. The summed E-state index contributed by atoms with van der Waals surface area (Å²) in [6, 6.07) is 16.9. The highest BCUT2D eigenvalue weighted by Crippen LogP contribution is 2.12. The second-order valence-electron chi connectivity index (χ2n) is 7.74. The molecule has 1 unspecified atom stereocenters. The molecule has 2 amide bonds. The average Bonchev–Trinajstić information content (AvgIpc) is 2.72. The summed E-state index contributed by atoms with van der Waals surface area (Å²) in [5.41, 5.74) is 8.80. The zero-order valence-corrected chi connectivity index (χ0v) is 18.3. The fourth-order valence-electron chi connectivity index (χ4n) is 3.05. The van der Waals surface area contributed by atoms with E-state index in [4.69, 9.17) is 11.6 Å². The van der Waals surface area contributed by atoms with Gasteiger partial charge in [-0.05, 0) is 43.8 Å². The number of aromatic hydroxyl groups is 1. The molecule has 0 saturated carbocycles. The van der Waals surface area contributed by atoms with Crippen LogP contribution < -0.4 is 22.2 Å². The lowest BCUT2D eigenvalue weighted by molar-refractivity contribution is 0.232. The number of urea groups is 1. The van der Waals surface area contributed by atoms with Gasteiger partial charge in [0.25, 0.3) is 0 Å². The van der Waals surface area contributed by atoms with Gasteiger partial charge in [0.2, 0.25) is 0 Å². The highest BCUT2D eigenvalue weighted by molar-refractivity contribution is 5.73. The highest BCUT2D eigenvalue weighted by Gasteiger charge is 2.13. The summed E-state index contributed by atoms with van der Waals surface area (Å²) in [5.74, 6) is 6.22. The van der Waals surface area contributed by atoms with Crippen molar-refractivity contribution in [2.75, 3.05) is 27.2 Å². The Hall–Kier alpha value is -3.23. The number of nitrogens with one attached hydrogen (secondary N) is 2. The maximum Gasteiger partial charge on any atom is 0.314 e. The molecule has 2 aromatic rings. The molecule has 8 heteroatoms. The number of nitrogens with zero attached hydrogens (tertiary/aromatic N) is 2. The Labute approximate surface area is 184 Å². The topological polar surface area (TPSA) is 120 Å². The first kappa shape index (κ1) is 24.0. The molecule has 31 heavy (non-hydrogen) atoms. The van der Waals surface area contributed by atoms with Gasteiger partial charge in [0.05, 0.1) is 6.54 Å². The number of carbonyl (C=O) groups is 1. The second kappa shape index (κ2) is 12.5. The summed E-state index contributed by atoms with van der Waals surface area (Å²) in [4.78, 5) is 14.2. The minimum Gasteiger partial charge on any atom is -0.508 e. The van der Waals surface area contributed by atoms with Gasteiger partial charge < -0.3 is 31.4 Å². The van der Waals surface area contributed by atoms with E-state index < -0.39 is 0 Å². The van der Waals surface area contributed by atoms with Crippen molar-refractivity contribution >= 4 is 6.03 Å². The van der Waals surface area contributed by atoms with E-state index in [1.807, 2.05) is 56.6 Å². The Morgan fingerprint density at radius 2 is 1.74 bits per heavy atom. The third-order valence-corrected chi connectivity index (χ3v) is 4.88. The molecule has 0 aliphatic heterocycles. The maximum absolute atomic E-state index is 12.1. The molecular weight excluding hydrogens is 392 g/mol. The van der Waals surface area contributed by atoms with Gasteiger partial charge in [-0.2, -0.15) is 0 Å². The van der Waals surface area contributed by atoms with Crippen molar-refractivity contribution in [1.29, 1.82) is 0 Å². The predicted molar refractivity (Wildman–Crippen MR) is 124 cm³/mol. The molecule has 2 rings (SSSR count). The van der Waals surface area contributed by atoms with Gasteiger partial charge in [-0.3, -0.25) is 0 Å². The lowest BCUT2D eigenvalue weighted by Gasteiger charge is -2.25. The maximum atomic E-state index is 12.1. The van der Waals surface area contributed by atoms with Gasteiger partial charge in [-0.15, -0.1) is 0 Å². The lowest BCUT2D eigenvalue weighted by Crippen LogP contribution is -2.45. The normalized spacial score (nSPS) is 12.5. The van der Waals surface area contributed by atoms with Crippen molar-refractivity contribution in [2.45, 2.75) is 25.4 Å². The standard InChI is InChI=1S/C23H34N6O2/c1-28(2)21(14-18-8-10-22(30)11-9-18)15-27-23(31)26-13-12-20(24)17-29(25)16-19-6-4-3-5-7-19/h3-11,17,21,30H,12-16,24-25H2,1-2H3,(H2,26,27,31)/b20-17-. The predicted octanol–water partition coefficient (Wildman–Crippen LogP) is 1.73. The molecule has 8 nitrogen and oxygen atoms in total. The lowest BCUT2D eigenvalue weighted by atomic mass is 10.1.